The average Bonchev–Trinajstić information content (AvgIpc) is 3.10. The summed E-state index contributed by atoms with van der Waals surface area (Å²) >= 11 is 0. The van der Waals surface area contributed by atoms with Crippen LogP contribution in [0.5, 0.6) is 5.75 Å². The van der Waals surface area contributed by atoms with E-state index in [0.29, 0.717) is 18.0 Å². The van der Waals surface area contributed by atoms with Crippen molar-refractivity contribution in [2.45, 2.75) is 13.0 Å². The van der Waals surface area contributed by atoms with Crippen molar-refractivity contribution in [2.75, 3.05) is 6.61 Å². The Hall–Kier alpha value is -3.55. The molecule has 0 atom stereocenters. The third kappa shape index (κ3) is 5.46. The first-order valence-electron chi connectivity index (χ1n) is 8.50. The number of azo groups is 1. The van der Waals surface area contributed by atoms with E-state index < -0.39 is 4.92 Å². The molecular weight excluding hydrogens is 346 g/mol. The highest BCUT2D eigenvalue weighted by molar-refractivity contribution is 5.45. The maximum absolute atomic E-state index is 10.6. The monoisotopic (exact) mass is 366 g/mol. The molecule has 8 nitrogen and oxygen atoms in total. The van der Waals surface area contributed by atoms with Crippen molar-refractivity contribution in [2.24, 2.45) is 17.3 Å². The first kappa shape index (κ1) is 18.2. The lowest BCUT2D eigenvalue weighted by atomic mass is 10.3. The van der Waals surface area contributed by atoms with Crippen LogP contribution in [0.15, 0.2) is 77.5 Å². The maximum atomic E-state index is 10.6. The molecule has 8 heteroatoms. The first-order valence-corrected chi connectivity index (χ1v) is 8.50. The van der Waals surface area contributed by atoms with Crippen molar-refractivity contribution in [3.63, 3.8) is 0 Å². The van der Waals surface area contributed by atoms with Gasteiger partial charge in [0.1, 0.15) is 18.1 Å². The summed E-state index contributed by atoms with van der Waals surface area (Å²) in [5.41, 5.74) is 1.26. The van der Waals surface area contributed by atoms with Gasteiger partial charge in [-0.15, -0.1) is 0 Å². The molecule has 0 amide bonds. The topological polar surface area (TPSA) is 85.9 Å². The molecule has 0 N–H and O–H groups in total. The van der Waals surface area contributed by atoms with E-state index in [4.69, 9.17) is 4.74 Å². The average molecular weight is 366 g/mol. The summed E-state index contributed by atoms with van der Waals surface area (Å²) < 4.78 is 9.85. The molecule has 0 radical (unpaired) electrons. The normalized spacial score (nSPS) is 11.0. The highest BCUT2D eigenvalue weighted by Crippen LogP contribution is 2.23. The lowest BCUT2D eigenvalue weighted by molar-refractivity contribution is -0.671. The van der Waals surface area contributed by atoms with Gasteiger partial charge in [0.25, 0.3) is 5.69 Å². The van der Waals surface area contributed by atoms with Crippen LogP contribution in [0.3, 0.4) is 0 Å². The zero-order valence-electron chi connectivity index (χ0n) is 14.9. The van der Waals surface area contributed by atoms with E-state index in [0.717, 1.165) is 18.7 Å². The van der Waals surface area contributed by atoms with Crippen LogP contribution in [0.1, 0.15) is 6.42 Å². The third-order valence-corrected chi connectivity index (χ3v) is 3.83. The summed E-state index contributed by atoms with van der Waals surface area (Å²) in [6, 6.07) is 13.2. The smallest absolute Gasteiger partial charge is 0.269 e. The number of nitro groups is 1. The molecule has 0 fully saturated rings. The summed E-state index contributed by atoms with van der Waals surface area (Å²) in [6.07, 6.45) is 6.98. The Bertz CT molecular complexity index is 917. The van der Waals surface area contributed by atoms with Crippen LogP contribution >= 0.6 is 0 Å². The van der Waals surface area contributed by atoms with E-state index in [9.17, 15) is 10.1 Å². The van der Waals surface area contributed by atoms with Crippen LogP contribution in [-0.2, 0) is 13.6 Å². The zero-order valence-corrected chi connectivity index (χ0v) is 14.9. The fourth-order valence-electron chi connectivity index (χ4n) is 2.44. The second-order valence-electron chi connectivity index (χ2n) is 5.99. The van der Waals surface area contributed by atoms with Gasteiger partial charge in [-0.1, -0.05) is 0 Å². The van der Waals surface area contributed by atoms with Gasteiger partial charge in [0.15, 0.2) is 0 Å². The lowest BCUT2D eigenvalue weighted by Gasteiger charge is -2.05. The summed E-state index contributed by atoms with van der Waals surface area (Å²) in [4.78, 5) is 10.2. The standard InChI is InChI=1S/C19H20N5O3/c1-22-12-13-23(15-22)11-2-14-27-19-9-5-17(6-10-19)21-20-16-3-7-18(8-4-16)24(25)26/h3-10,12-13,15H,2,11,14H2,1H3/q+1. The van der Waals surface area contributed by atoms with Gasteiger partial charge in [0.2, 0.25) is 6.33 Å². The molecule has 0 aliphatic rings. The largest absolute Gasteiger partial charge is 0.493 e. The SMILES string of the molecule is C[n+]1ccn(CCCOc2ccc(N=Nc3ccc([N+](=O)[O-])cc3)cc2)c1. The molecule has 0 saturated carbocycles. The van der Waals surface area contributed by atoms with Gasteiger partial charge in [0.05, 0.1) is 36.5 Å². The number of nitro benzene ring substituents is 1. The molecule has 1 aromatic heterocycles. The highest BCUT2D eigenvalue weighted by Gasteiger charge is 2.03. The van der Waals surface area contributed by atoms with Gasteiger partial charge in [-0.3, -0.25) is 10.1 Å². The van der Waals surface area contributed by atoms with Crippen LogP contribution < -0.4 is 9.30 Å². The van der Waals surface area contributed by atoms with Crippen LogP contribution in [-0.4, -0.2) is 16.1 Å². The van der Waals surface area contributed by atoms with Gasteiger partial charge < -0.3 is 4.74 Å². The number of hydrogen-bond acceptors (Lipinski definition) is 5. The second-order valence-corrected chi connectivity index (χ2v) is 5.99. The van der Waals surface area contributed by atoms with E-state index >= 15 is 0 Å². The number of imidazole rings is 1. The van der Waals surface area contributed by atoms with E-state index in [1.165, 1.54) is 12.1 Å². The lowest BCUT2D eigenvalue weighted by Crippen LogP contribution is -2.23. The molecule has 3 rings (SSSR count). The fraction of sp³-hybridized carbons (Fsp3) is 0.211. The van der Waals surface area contributed by atoms with Gasteiger partial charge in [0, 0.05) is 18.6 Å². The van der Waals surface area contributed by atoms with Gasteiger partial charge in [-0.05, 0) is 36.4 Å². The Kier molecular flexibility index (Phi) is 5.88. The number of benzene rings is 2. The van der Waals surface area contributed by atoms with Crippen molar-refractivity contribution < 1.29 is 14.2 Å². The van der Waals surface area contributed by atoms with Gasteiger partial charge >= 0.3 is 0 Å². The molecule has 138 valence electrons. The zero-order chi connectivity index (χ0) is 19.1. The molecule has 0 spiro atoms. The Morgan fingerprint density at radius 3 is 2.26 bits per heavy atom. The van der Waals surface area contributed by atoms with Crippen molar-refractivity contribution in [1.82, 2.24) is 4.57 Å². The summed E-state index contributed by atoms with van der Waals surface area (Å²) in [5, 5.41) is 18.8. The number of ether oxygens (including phenoxy) is 1. The summed E-state index contributed by atoms with van der Waals surface area (Å²) in [7, 11) is 1.99. The highest BCUT2D eigenvalue weighted by atomic mass is 16.6. The Morgan fingerprint density at radius 2 is 1.70 bits per heavy atom. The number of non-ortho nitro benzene ring substituents is 1. The molecule has 3 aromatic rings. The second kappa shape index (κ2) is 8.70. The third-order valence-electron chi connectivity index (χ3n) is 3.83. The number of nitrogens with zero attached hydrogens (tertiary/aromatic N) is 5. The molecule has 27 heavy (non-hydrogen) atoms. The predicted octanol–water partition coefficient (Wildman–Crippen LogP) is 4.11. The Morgan fingerprint density at radius 1 is 1.07 bits per heavy atom. The number of rotatable bonds is 8. The molecule has 1 heterocycles. The number of aryl methyl sites for hydroxylation is 2. The molecule has 0 unspecified atom stereocenters. The van der Waals surface area contributed by atoms with Gasteiger partial charge in [-0.25, -0.2) is 9.13 Å². The predicted molar refractivity (Wildman–Crippen MR) is 99.4 cm³/mol. The van der Waals surface area contributed by atoms with E-state index in [1.807, 2.05) is 54.6 Å². The van der Waals surface area contributed by atoms with Crippen LogP contribution in [0, 0.1) is 10.1 Å². The minimum absolute atomic E-state index is 0.0288. The van der Waals surface area contributed by atoms with Crippen LogP contribution in [0.4, 0.5) is 17.1 Å². The summed E-state index contributed by atoms with van der Waals surface area (Å²) in [6.45, 7) is 1.54. The quantitative estimate of drug-likeness (QED) is 0.198. The van der Waals surface area contributed by atoms with Crippen LogP contribution in [0.2, 0.25) is 0 Å². The van der Waals surface area contributed by atoms with E-state index in [2.05, 4.69) is 14.8 Å². The molecule has 0 bridgehead atoms. The fourth-order valence-corrected chi connectivity index (χ4v) is 2.44. The molecule has 0 aliphatic carbocycles. The Balaban J connectivity index is 1.47. The van der Waals surface area contributed by atoms with E-state index in [1.54, 1.807) is 12.1 Å². The van der Waals surface area contributed by atoms with Crippen molar-refractivity contribution in [3.05, 3.63) is 77.4 Å². The number of hydrogen-bond donors (Lipinski definition) is 0. The van der Waals surface area contributed by atoms with Crippen LogP contribution in [0.25, 0.3) is 0 Å². The molecule has 2 aromatic carbocycles. The number of aromatic nitrogens is 2. The maximum Gasteiger partial charge on any atom is 0.269 e. The van der Waals surface area contributed by atoms with E-state index in [-0.39, 0.29) is 5.69 Å². The first-order chi connectivity index (χ1) is 13.1. The van der Waals surface area contributed by atoms with Crippen molar-refractivity contribution in [3.8, 4) is 5.75 Å². The minimum atomic E-state index is -0.446. The molecule has 0 aliphatic heterocycles. The molecule has 0 saturated heterocycles. The van der Waals surface area contributed by atoms with Gasteiger partial charge in [-0.2, -0.15) is 10.2 Å². The minimum Gasteiger partial charge on any atom is -0.493 e. The summed E-state index contributed by atoms with van der Waals surface area (Å²) in [5.74, 6) is 0.780. The van der Waals surface area contributed by atoms with Crippen molar-refractivity contribution in [1.29, 1.82) is 0 Å². The Labute approximate surface area is 156 Å². The van der Waals surface area contributed by atoms with Crippen molar-refractivity contribution >= 4 is 17.1 Å². The molecular formula is C19H20N5O3+.